The molecule has 0 N–H and O–H groups in total. The molecule has 0 aromatic carbocycles. The predicted molar refractivity (Wildman–Crippen MR) is 26.2 cm³/mol. The first kappa shape index (κ1) is 10.2. The highest BCUT2D eigenvalue weighted by Gasteiger charge is 1.77. The monoisotopic (exact) mass is 130 g/mol. The van der Waals surface area contributed by atoms with Gasteiger partial charge in [0.05, 0.1) is 6.61 Å². The van der Waals surface area contributed by atoms with Crippen molar-refractivity contribution in [1.82, 2.24) is 0 Å². The van der Waals surface area contributed by atoms with Crippen LogP contribution < -0.4 is 0 Å². The highest BCUT2D eigenvalue weighted by Crippen LogP contribution is 1.71. The smallest absolute Gasteiger partial charge is 0.111 e. The molecule has 0 radical (unpaired) electrons. The van der Waals surface area contributed by atoms with Crippen molar-refractivity contribution >= 4 is 12.4 Å². The average Bonchev–Trinajstić information content (AvgIpc) is 1.61. The van der Waals surface area contributed by atoms with Crippen molar-refractivity contribution in [1.29, 1.82) is 0 Å². The zero-order valence-electron chi connectivity index (χ0n) is 4.02. The van der Waals surface area contributed by atoms with E-state index in [0.29, 0.717) is 6.61 Å². The zero-order chi connectivity index (χ0) is 4.83. The van der Waals surface area contributed by atoms with Gasteiger partial charge in [-0.2, -0.15) is 4.94 Å². The van der Waals surface area contributed by atoms with Crippen molar-refractivity contribution in [2.75, 3.05) is 20.3 Å². The van der Waals surface area contributed by atoms with E-state index in [4.69, 9.17) is 0 Å². The molecule has 0 aliphatic rings. The number of rotatable bonds is 3. The molecule has 0 fully saturated rings. The van der Waals surface area contributed by atoms with Crippen LogP contribution >= 0.6 is 12.4 Å². The summed E-state index contributed by atoms with van der Waals surface area (Å²) in [4.78, 5) is 3.16. The van der Waals surface area contributed by atoms with Crippen LogP contribution in [0.3, 0.4) is 0 Å². The maximum atomic E-state index is 10.6. The van der Waals surface area contributed by atoms with Crippen LogP contribution in [0.25, 0.3) is 0 Å². The van der Waals surface area contributed by atoms with E-state index in [0.717, 1.165) is 0 Å². The number of hydrogen-bond acceptors (Lipinski definition) is 2. The molecule has 0 heterocycles. The van der Waals surface area contributed by atoms with Gasteiger partial charge >= 0.3 is 0 Å². The van der Waals surface area contributed by atoms with Gasteiger partial charge in [-0.05, 0) is 4.53 Å². The van der Waals surface area contributed by atoms with Crippen LogP contribution in [0.1, 0.15) is 0 Å². The van der Waals surface area contributed by atoms with Crippen LogP contribution in [0.15, 0.2) is 0 Å². The lowest BCUT2D eigenvalue weighted by molar-refractivity contribution is -0.143. The maximum Gasteiger partial charge on any atom is 0.111 e. The van der Waals surface area contributed by atoms with E-state index < -0.39 is 0 Å². The van der Waals surface area contributed by atoms with E-state index in [1.807, 2.05) is 0 Å². The van der Waals surface area contributed by atoms with Gasteiger partial charge in [-0.3, -0.25) is 0 Å². The van der Waals surface area contributed by atoms with Crippen LogP contribution in [0.4, 0.5) is 4.53 Å². The Bertz CT molecular complexity index is 24.9. The first-order valence-corrected chi connectivity index (χ1v) is 1.64. The fraction of sp³-hybridized carbons (Fsp3) is 1.00. The molecule has 4 heteroatoms. The van der Waals surface area contributed by atoms with Gasteiger partial charge in [0.25, 0.3) is 0 Å². The minimum atomic E-state index is 0. The number of hydrogen-bond donors (Lipinski definition) is 0. The standard InChI is InChI=1S/C3H7FO2.ClH/c1-5-2-3-6-4;/h2-3H2,1H3;1H. The third-order valence-electron chi connectivity index (χ3n) is 0.365. The topological polar surface area (TPSA) is 18.5 Å². The molecule has 0 atom stereocenters. The van der Waals surface area contributed by atoms with Gasteiger partial charge in [-0.25, -0.2) is 0 Å². The quantitative estimate of drug-likeness (QED) is 0.530. The summed E-state index contributed by atoms with van der Waals surface area (Å²) in [5.41, 5.74) is 0. The van der Waals surface area contributed by atoms with E-state index in [1.54, 1.807) is 0 Å². The summed E-state index contributed by atoms with van der Waals surface area (Å²) in [5.74, 6) is 0. The van der Waals surface area contributed by atoms with Gasteiger partial charge in [-0.15, -0.1) is 12.4 Å². The molecule has 0 rings (SSSR count). The third kappa shape index (κ3) is 10.7. The highest BCUT2D eigenvalue weighted by atomic mass is 35.5. The molecule has 0 amide bonds. The summed E-state index contributed by atoms with van der Waals surface area (Å²) in [6, 6.07) is 0. The lowest BCUT2D eigenvalue weighted by Gasteiger charge is -1.87. The molecule has 7 heavy (non-hydrogen) atoms. The van der Waals surface area contributed by atoms with E-state index in [-0.39, 0.29) is 19.0 Å². The minimum absolute atomic E-state index is 0. The Morgan fingerprint density at radius 2 is 2.00 bits per heavy atom. The number of halogens is 2. The second kappa shape index (κ2) is 9.46. The Labute approximate surface area is 47.9 Å². The molecular weight excluding hydrogens is 122 g/mol. The fourth-order valence-electron chi connectivity index (χ4n) is 0.115. The average molecular weight is 131 g/mol. The van der Waals surface area contributed by atoms with Crippen LogP contribution in [0.5, 0.6) is 0 Å². The molecule has 46 valence electrons. The van der Waals surface area contributed by atoms with E-state index >= 15 is 0 Å². The van der Waals surface area contributed by atoms with Gasteiger partial charge in [0.2, 0.25) is 0 Å². The molecule has 0 unspecified atom stereocenters. The van der Waals surface area contributed by atoms with Crippen LogP contribution in [0, 0.1) is 0 Å². The summed E-state index contributed by atoms with van der Waals surface area (Å²) in [5, 5.41) is 0. The summed E-state index contributed by atoms with van der Waals surface area (Å²) in [6.07, 6.45) is 0. The summed E-state index contributed by atoms with van der Waals surface area (Å²) < 4.78 is 15.0. The minimum Gasteiger partial charge on any atom is -0.382 e. The molecule has 0 aromatic rings. The Morgan fingerprint density at radius 1 is 1.43 bits per heavy atom. The Kier molecular flexibility index (Phi) is 13.8. The van der Waals surface area contributed by atoms with Crippen LogP contribution in [-0.2, 0) is 9.68 Å². The van der Waals surface area contributed by atoms with Gasteiger partial charge in [-0.1, -0.05) is 0 Å². The molecule has 0 aromatic heterocycles. The summed E-state index contributed by atoms with van der Waals surface area (Å²) in [7, 11) is 1.49. The molecule has 0 saturated heterocycles. The first-order valence-electron chi connectivity index (χ1n) is 1.64. The second-order valence-electron chi connectivity index (χ2n) is 0.806. The second-order valence-corrected chi connectivity index (χ2v) is 0.806. The molecule has 0 aliphatic carbocycles. The number of ether oxygens (including phenoxy) is 1. The first-order chi connectivity index (χ1) is 2.91. The molecule has 0 aliphatic heterocycles. The van der Waals surface area contributed by atoms with Crippen molar-refractivity contribution < 1.29 is 14.2 Å². The molecule has 0 spiro atoms. The Balaban J connectivity index is 0. The zero-order valence-corrected chi connectivity index (χ0v) is 4.83. The van der Waals surface area contributed by atoms with Gasteiger partial charge < -0.3 is 4.74 Å². The molecule has 2 nitrogen and oxygen atoms in total. The molecule has 0 bridgehead atoms. The van der Waals surface area contributed by atoms with Crippen molar-refractivity contribution in [2.24, 2.45) is 0 Å². The van der Waals surface area contributed by atoms with Gasteiger partial charge in [0.1, 0.15) is 6.61 Å². The van der Waals surface area contributed by atoms with Crippen molar-refractivity contribution in [3.05, 3.63) is 0 Å². The predicted octanol–water partition coefficient (Wildman–Crippen LogP) is 0.956. The Hall–Kier alpha value is 0.140. The SMILES string of the molecule is COCCOF.Cl. The fourth-order valence-corrected chi connectivity index (χ4v) is 0.115. The van der Waals surface area contributed by atoms with Gasteiger partial charge in [0, 0.05) is 7.11 Å². The van der Waals surface area contributed by atoms with Crippen LogP contribution in [0.2, 0.25) is 0 Å². The van der Waals surface area contributed by atoms with Crippen LogP contribution in [-0.4, -0.2) is 20.3 Å². The molecular formula is C3H8ClFO2. The lowest BCUT2D eigenvalue weighted by atomic mass is 10.8. The Morgan fingerprint density at radius 3 is 2.14 bits per heavy atom. The molecule has 0 saturated carbocycles. The highest BCUT2D eigenvalue weighted by molar-refractivity contribution is 5.85. The van der Waals surface area contributed by atoms with E-state index in [1.165, 1.54) is 7.11 Å². The largest absolute Gasteiger partial charge is 0.382 e. The van der Waals surface area contributed by atoms with Crippen molar-refractivity contribution in [2.45, 2.75) is 0 Å². The van der Waals surface area contributed by atoms with Gasteiger partial charge in [0.15, 0.2) is 0 Å². The third-order valence-corrected chi connectivity index (χ3v) is 0.365. The maximum absolute atomic E-state index is 10.6. The number of methoxy groups -OCH3 is 1. The summed E-state index contributed by atoms with van der Waals surface area (Å²) >= 11 is 0. The van der Waals surface area contributed by atoms with Crippen molar-refractivity contribution in [3.8, 4) is 0 Å². The normalized spacial score (nSPS) is 7.71. The van der Waals surface area contributed by atoms with E-state index in [9.17, 15) is 4.53 Å². The lowest BCUT2D eigenvalue weighted by Crippen LogP contribution is -1.94. The summed E-state index contributed by atoms with van der Waals surface area (Å²) in [6.45, 7) is 0.340. The van der Waals surface area contributed by atoms with E-state index in [2.05, 4.69) is 9.68 Å². The van der Waals surface area contributed by atoms with Crippen molar-refractivity contribution in [3.63, 3.8) is 0 Å².